The summed E-state index contributed by atoms with van der Waals surface area (Å²) >= 11 is 6.92. The molecule has 1 aromatic rings. The number of ether oxygens (including phenoxy) is 1. The van der Waals surface area contributed by atoms with Gasteiger partial charge in [-0.05, 0) is 59.3 Å². The summed E-state index contributed by atoms with van der Waals surface area (Å²) < 4.78 is 5.32. The van der Waals surface area contributed by atoms with Gasteiger partial charge in [-0.3, -0.25) is 0 Å². The summed E-state index contributed by atoms with van der Waals surface area (Å²) in [6, 6.07) is 0. The number of esters is 1. The Bertz CT molecular complexity index is 651. The van der Waals surface area contributed by atoms with Crippen molar-refractivity contribution in [3.8, 4) is 0 Å². The zero-order valence-electron chi connectivity index (χ0n) is 15.3. The van der Waals surface area contributed by atoms with Gasteiger partial charge in [0.1, 0.15) is 10.5 Å². The van der Waals surface area contributed by atoms with Crippen LogP contribution in [0.3, 0.4) is 0 Å². The maximum atomic E-state index is 12.6. The topological polar surface area (TPSA) is 67.0 Å². The lowest BCUT2D eigenvalue weighted by Crippen LogP contribution is -3.03. The minimum atomic E-state index is -0.273. The number of nitrogens with one attached hydrogen (secondary N) is 2. The molecule has 0 amide bonds. The molecule has 0 saturated carbocycles. The number of rotatable bonds is 4. The number of quaternary nitrogens is 1. The third kappa shape index (κ3) is 3.90. The third-order valence-corrected chi connectivity index (χ3v) is 5.75. The zero-order chi connectivity index (χ0) is 18.1. The normalized spacial score (nSPS) is 17.8. The van der Waals surface area contributed by atoms with E-state index in [0.717, 1.165) is 23.5 Å². The summed E-state index contributed by atoms with van der Waals surface area (Å²) in [7, 11) is 0. The predicted molar refractivity (Wildman–Crippen MR) is 103 cm³/mol. The first kappa shape index (κ1) is 19.1. The van der Waals surface area contributed by atoms with Crippen molar-refractivity contribution in [3.05, 3.63) is 16.0 Å². The van der Waals surface area contributed by atoms with E-state index >= 15 is 0 Å². The van der Waals surface area contributed by atoms with Crippen molar-refractivity contribution < 1.29 is 14.8 Å². The Morgan fingerprint density at radius 3 is 2.58 bits per heavy atom. The van der Waals surface area contributed by atoms with Crippen molar-refractivity contribution in [2.24, 2.45) is 0 Å². The number of anilines is 1. The fourth-order valence-electron chi connectivity index (χ4n) is 3.52. The molecule has 0 saturated heterocycles. The number of carbonyl (C=O) groups is 1. The summed E-state index contributed by atoms with van der Waals surface area (Å²) in [5, 5.41) is 9.96. The van der Waals surface area contributed by atoms with Crippen LogP contribution in [0, 0.1) is 0 Å². The first-order chi connectivity index (χ1) is 11.1. The van der Waals surface area contributed by atoms with Crippen molar-refractivity contribution >= 4 is 39.6 Å². The molecule has 0 radical (unpaired) electrons. The molecule has 2 heterocycles. The van der Waals surface area contributed by atoms with Gasteiger partial charge in [-0.25, -0.2) is 4.79 Å². The molecule has 24 heavy (non-hydrogen) atoms. The van der Waals surface area contributed by atoms with E-state index in [2.05, 4.69) is 43.6 Å². The van der Waals surface area contributed by atoms with Gasteiger partial charge >= 0.3 is 5.97 Å². The fraction of sp³-hybridized carbons (Fsp3) is 0.647. The molecule has 1 aromatic heterocycles. The molecule has 0 fully saturated rings. The molecule has 2 rings (SSSR count). The summed E-state index contributed by atoms with van der Waals surface area (Å²) in [6.07, 6.45) is 0.825. The molecule has 5 nitrogen and oxygen atoms in total. The lowest BCUT2D eigenvalue weighted by molar-refractivity contribution is -0.789. The first-order valence-corrected chi connectivity index (χ1v) is 9.59. The van der Waals surface area contributed by atoms with Crippen molar-refractivity contribution in [3.63, 3.8) is 0 Å². The molecule has 0 aromatic carbocycles. The lowest BCUT2D eigenvalue weighted by atomic mass is 9.81. The Hall–Kier alpha value is -1.18. The highest BCUT2D eigenvalue weighted by atomic mass is 32.1. The Kier molecular flexibility index (Phi) is 5.57. The highest BCUT2D eigenvalue weighted by Gasteiger charge is 2.45. The largest absolute Gasteiger partial charge is 0.462 e. The van der Waals surface area contributed by atoms with Crippen molar-refractivity contribution in [2.45, 2.75) is 59.0 Å². The molecule has 0 atom stereocenters. The van der Waals surface area contributed by atoms with Crippen LogP contribution in [0.1, 0.15) is 62.3 Å². The molecule has 1 aliphatic rings. The molecule has 4 N–H and O–H groups in total. The molecule has 0 bridgehead atoms. The Labute approximate surface area is 153 Å². The van der Waals surface area contributed by atoms with Crippen LogP contribution in [0.4, 0.5) is 5.00 Å². The van der Waals surface area contributed by atoms with Crippen LogP contribution in [0.2, 0.25) is 0 Å². The molecule has 0 aliphatic carbocycles. The van der Waals surface area contributed by atoms with Crippen LogP contribution in [-0.4, -0.2) is 29.8 Å². The monoisotopic (exact) mass is 370 g/mol. The van der Waals surface area contributed by atoms with Gasteiger partial charge < -0.3 is 20.7 Å². The Morgan fingerprint density at radius 2 is 2.00 bits per heavy atom. The summed E-state index contributed by atoms with van der Waals surface area (Å²) in [6.45, 7) is 13.7. The number of thiocarbonyl (C=S) groups is 1. The van der Waals surface area contributed by atoms with Crippen molar-refractivity contribution in [2.75, 3.05) is 18.5 Å². The van der Waals surface area contributed by atoms with Gasteiger partial charge in [0.2, 0.25) is 0 Å². The average Bonchev–Trinajstić information content (AvgIpc) is 2.75. The van der Waals surface area contributed by atoms with Crippen LogP contribution >= 0.6 is 23.6 Å². The second-order valence-electron chi connectivity index (χ2n) is 7.35. The quantitative estimate of drug-likeness (QED) is 0.561. The average molecular weight is 371 g/mol. The van der Waals surface area contributed by atoms with Gasteiger partial charge in [-0.15, -0.1) is 11.3 Å². The van der Waals surface area contributed by atoms with Gasteiger partial charge in [-0.1, -0.05) is 0 Å². The standard InChI is InChI=1S/C17H27N3O2S2/c1-7-18-15(23)19-13-11(14(21)22-8-2)10-9-16(3,4)20-17(5,6)12(10)24-13/h20H,7-9H2,1-6H3,(H2,18,19,23)/p+1. The van der Waals surface area contributed by atoms with Crippen LogP contribution in [0.25, 0.3) is 0 Å². The minimum Gasteiger partial charge on any atom is -0.462 e. The number of hydrogen-bond donors (Lipinski definition) is 3. The summed E-state index contributed by atoms with van der Waals surface area (Å²) in [4.78, 5) is 13.8. The van der Waals surface area contributed by atoms with E-state index in [-0.39, 0.29) is 17.0 Å². The molecular weight excluding hydrogens is 342 g/mol. The Balaban J connectivity index is 2.54. The van der Waals surface area contributed by atoms with E-state index in [1.54, 1.807) is 11.3 Å². The van der Waals surface area contributed by atoms with Gasteiger partial charge in [0.05, 0.1) is 22.6 Å². The lowest BCUT2D eigenvalue weighted by Gasteiger charge is -2.38. The van der Waals surface area contributed by atoms with Crippen LogP contribution in [0.5, 0.6) is 0 Å². The zero-order valence-corrected chi connectivity index (χ0v) is 17.0. The summed E-state index contributed by atoms with van der Waals surface area (Å²) in [5.41, 5.74) is 1.67. The molecule has 0 unspecified atom stereocenters. The van der Waals surface area contributed by atoms with Crippen LogP contribution < -0.4 is 16.0 Å². The number of nitrogens with two attached hydrogens (primary N) is 1. The van der Waals surface area contributed by atoms with E-state index in [4.69, 9.17) is 17.0 Å². The number of thiophene rings is 1. The van der Waals surface area contributed by atoms with Gasteiger partial charge in [0, 0.05) is 13.0 Å². The second-order valence-corrected chi connectivity index (χ2v) is 8.78. The van der Waals surface area contributed by atoms with Gasteiger partial charge in [0.15, 0.2) is 5.11 Å². The van der Waals surface area contributed by atoms with E-state index in [1.807, 2.05) is 13.8 Å². The number of carbonyl (C=O) groups excluding carboxylic acids is 1. The van der Waals surface area contributed by atoms with Crippen molar-refractivity contribution in [1.29, 1.82) is 0 Å². The van der Waals surface area contributed by atoms with Crippen LogP contribution in [0.15, 0.2) is 0 Å². The fourth-order valence-corrected chi connectivity index (χ4v) is 5.11. The molecular formula is C17H28N3O2S2+. The van der Waals surface area contributed by atoms with E-state index < -0.39 is 0 Å². The summed E-state index contributed by atoms with van der Waals surface area (Å²) in [5.74, 6) is -0.273. The van der Waals surface area contributed by atoms with Crippen LogP contribution in [-0.2, 0) is 16.7 Å². The van der Waals surface area contributed by atoms with Crippen molar-refractivity contribution in [1.82, 2.24) is 5.32 Å². The number of fused-ring (bicyclic) bond motifs is 1. The van der Waals surface area contributed by atoms with E-state index in [9.17, 15) is 4.79 Å². The highest BCUT2D eigenvalue weighted by Crippen LogP contribution is 2.42. The third-order valence-electron chi connectivity index (χ3n) is 4.02. The SMILES string of the molecule is CCNC(=S)Nc1sc2c(c1C(=O)OCC)CC(C)(C)[NH2+]C2(C)C. The molecule has 1 aliphatic heterocycles. The first-order valence-electron chi connectivity index (χ1n) is 8.36. The van der Waals surface area contributed by atoms with E-state index in [0.29, 0.717) is 17.3 Å². The second kappa shape index (κ2) is 6.98. The maximum Gasteiger partial charge on any atom is 0.341 e. The molecule has 134 valence electrons. The maximum absolute atomic E-state index is 12.6. The Morgan fingerprint density at radius 1 is 1.33 bits per heavy atom. The predicted octanol–water partition coefficient (Wildman–Crippen LogP) is 2.36. The molecule has 7 heteroatoms. The minimum absolute atomic E-state index is 0.0261. The van der Waals surface area contributed by atoms with E-state index in [1.165, 1.54) is 4.88 Å². The van der Waals surface area contributed by atoms with Gasteiger partial charge in [-0.2, -0.15) is 0 Å². The smallest absolute Gasteiger partial charge is 0.341 e. The van der Waals surface area contributed by atoms with Gasteiger partial charge in [0.25, 0.3) is 0 Å². The highest BCUT2D eigenvalue weighted by molar-refractivity contribution is 7.80. The number of hydrogen-bond acceptors (Lipinski definition) is 4. The molecule has 0 spiro atoms.